The summed E-state index contributed by atoms with van der Waals surface area (Å²) in [6.45, 7) is 1.84. The molecule has 3 aromatic carbocycles. The number of hydrogen-bond donors (Lipinski definition) is 2. The summed E-state index contributed by atoms with van der Waals surface area (Å²) in [4.78, 5) is 12.7. The van der Waals surface area contributed by atoms with Crippen LogP contribution in [-0.2, 0) is 14.8 Å². The Morgan fingerprint density at radius 2 is 1.27 bits per heavy atom. The second-order valence-electron chi connectivity index (χ2n) is 7.04. The van der Waals surface area contributed by atoms with Crippen LogP contribution in [0.25, 0.3) is 0 Å². The standard InChI is InChI=1S/C24H26N2O6S/c1-4-23(32-21-13-11-20(31-3)12-14-21)24(27)25-17-7-15-22(16-8-17)33(28,29)26-18-5-9-19(30-2)10-6-18/h5-16,23,26H,4H2,1-3H3,(H,25,27)/t23-/m0/s1. The maximum Gasteiger partial charge on any atom is 0.265 e. The third-order valence-corrected chi connectivity index (χ3v) is 6.17. The molecule has 2 N–H and O–H groups in total. The van der Waals surface area contributed by atoms with Crippen LogP contribution in [0.15, 0.2) is 77.7 Å². The first-order valence-electron chi connectivity index (χ1n) is 10.2. The van der Waals surface area contributed by atoms with Crippen LogP contribution < -0.4 is 24.2 Å². The van der Waals surface area contributed by atoms with Crippen LogP contribution in [0.3, 0.4) is 0 Å². The zero-order chi connectivity index (χ0) is 23.8. The predicted molar refractivity (Wildman–Crippen MR) is 127 cm³/mol. The quantitative estimate of drug-likeness (QED) is 0.458. The van der Waals surface area contributed by atoms with E-state index in [1.54, 1.807) is 55.6 Å². The molecule has 3 rings (SSSR count). The number of hydrogen-bond acceptors (Lipinski definition) is 6. The Morgan fingerprint density at radius 1 is 0.788 bits per heavy atom. The van der Waals surface area contributed by atoms with Crippen LogP contribution >= 0.6 is 0 Å². The molecule has 174 valence electrons. The van der Waals surface area contributed by atoms with Gasteiger partial charge in [-0.3, -0.25) is 9.52 Å². The molecule has 0 heterocycles. The zero-order valence-corrected chi connectivity index (χ0v) is 19.4. The summed E-state index contributed by atoms with van der Waals surface area (Å²) in [6, 6.07) is 19.4. The number of anilines is 2. The average molecular weight is 471 g/mol. The Bertz CT molecular complexity index is 1160. The average Bonchev–Trinajstić information content (AvgIpc) is 2.83. The number of carbonyl (C=O) groups excluding carboxylic acids is 1. The van der Waals surface area contributed by atoms with E-state index in [9.17, 15) is 13.2 Å². The lowest BCUT2D eigenvalue weighted by atomic mass is 10.2. The number of nitrogens with one attached hydrogen (secondary N) is 2. The number of rotatable bonds is 10. The van der Waals surface area contributed by atoms with E-state index < -0.39 is 16.1 Å². The minimum Gasteiger partial charge on any atom is -0.497 e. The molecule has 0 aromatic heterocycles. The third kappa shape index (κ3) is 6.39. The van der Waals surface area contributed by atoms with Crippen LogP contribution in [-0.4, -0.2) is 34.6 Å². The zero-order valence-electron chi connectivity index (χ0n) is 18.6. The highest BCUT2D eigenvalue weighted by molar-refractivity contribution is 7.92. The van der Waals surface area contributed by atoms with Gasteiger partial charge in [0, 0.05) is 11.4 Å². The fraction of sp³-hybridized carbons (Fsp3) is 0.208. The Balaban J connectivity index is 1.63. The van der Waals surface area contributed by atoms with E-state index in [1.807, 2.05) is 6.92 Å². The summed E-state index contributed by atoms with van der Waals surface area (Å²) in [6.07, 6.45) is -0.255. The van der Waals surface area contributed by atoms with Gasteiger partial charge in [0.1, 0.15) is 17.2 Å². The van der Waals surface area contributed by atoms with Crippen LogP contribution in [0.5, 0.6) is 17.2 Å². The summed E-state index contributed by atoms with van der Waals surface area (Å²) in [5, 5.41) is 2.76. The highest BCUT2D eigenvalue weighted by Crippen LogP contribution is 2.22. The van der Waals surface area contributed by atoms with Gasteiger partial charge in [-0.15, -0.1) is 0 Å². The Hall–Kier alpha value is -3.72. The maximum atomic E-state index is 12.6. The van der Waals surface area contributed by atoms with Gasteiger partial charge in [-0.05, 0) is 79.2 Å². The van der Waals surface area contributed by atoms with E-state index in [0.717, 1.165) is 0 Å². The molecule has 0 aliphatic rings. The lowest BCUT2D eigenvalue weighted by Gasteiger charge is -2.17. The Kier molecular flexibility index (Phi) is 7.78. The summed E-state index contributed by atoms with van der Waals surface area (Å²) in [5.74, 6) is 1.53. The molecule has 0 unspecified atom stereocenters. The number of methoxy groups -OCH3 is 2. The van der Waals surface area contributed by atoms with Gasteiger partial charge in [-0.25, -0.2) is 8.42 Å². The fourth-order valence-electron chi connectivity index (χ4n) is 2.95. The van der Waals surface area contributed by atoms with Gasteiger partial charge in [0.15, 0.2) is 6.10 Å². The van der Waals surface area contributed by atoms with Crippen LogP contribution in [0.4, 0.5) is 11.4 Å². The van der Waals surface area contributed by atoms with Crippen molar-refractivity contribution in [2.24, 2.45) is 0 Å². The molecule has 1 amide bonds. The van der Waals surface area contributed by atoms with Crippen molar-refractivity contribution < 1.29 is 27.4 Å². The molecular weight excluding hydrogens is 444 g/mol. The number of sulfonamides is 1. The molecule has 0 spiro atoms. The molecule has 0 aliphatic heterocycles. The Labute approximate surface area is 193 Å². The molecule has 0 fully saturated rings. The highest BCUT2D eigenvalue weighted by atomic mass is 32.2. The van der Waals surface area contributed by atoms with Crippen molar-refractivity contribution in [2.75, 3.05) is 24.3 Å². The number of carbonyl (C=O) groups is 1. The van der Waals surface area contributed by atoms with Crippen molar-refractivity contribution in [2.45, 2.75) is 24.3 Å². The van der Waals surface area contributed by atoms with Crippen LogP contribution in [0.1, 0.15) is 13.3 Å². The molecule has 8 nitrogen and oxygen atoms in total. The monoisotopic (exact) mass is 470 g/mol. The SMILES string of the molecule is CC[C@H](Oc1ccc(OC)cc1)C(=O)Nc1ccc(S(=O)(=O)Nc2ccc(OC)cc2)cc1. The van der Waals surface area contributed by atoms with Gasteiger partial charge in [-0.2, -0.15) is 0 Å². The summed E-state index contributed by atoms with van der Waals surface area (Å²) < 4.78 is 43.7. The van der Waals surface area contributed by atoms with Crippen molar-refractivity contribution >= 4 is 27.3 Å². The molecule has 0 saturated carbocycles. The predicted octanol–water partition coefficient (Wildman–Crippen LogP) is 4.30. The molecule has 0 saturated heterocycles. The second kappa shape index (κ2) is 10.7. The van der Waals surface area contributed by atoms with Crippen molar-refractivity contribution in [3.05, 3.63) is 72.8 Å². The van der Waals surface area contributed by atoms with Gasteiger partial charge in [0.2, 0.25) is 0 Å². The topological polar surface area (TPSA) is 103 Å². The van der Waals surface area contributed by atoms with E-state index in [4.69, 9.17) is 14.2 Å². The number of amides is 1. The first kappa shape index (κ1) is 23.9. The second-order valence-corrected chi connectivity index (χ2v) is 8.72. The van der Waals surface area contributed by atoms with Crippen molar-refractivity contribution in [1.29, 1.82) is 0 Å². The van der Waals surface area contributed by atoms with Gasteiger partial charge in [0.05, 0.1) is 19.1 Å². The largest absolute Gasteiger partial charge is 0.497 e. The molecule has 3 aromatic rings. The lowest BCUT2D eigenvalue weighted by molar-refractivity contribution is -0.122. The van der Waals surface area contributed by atoms with E-state index in [0.29, 0.717) is 35.0 Å². The molecule has 33 heavy (non-hydrogen) atoms. The summed E-state index contributed by atoms with van der Waals surface area (Å²) in [5.41, 5.74) is 0.870. The summed E-state index contributed by atoms with van der Waals surface area (Å²) >= 11 is 0. The van der Waals surface area contributed by atoms with Gasteiger partial charge in [0.25, 0.3) is 15.9 Å². The fourth-order valence-corrected chi connectivity index (χ4v) is 4.01. The molecule has 1 atom stereocenters. The van der Waals surface area contributed by atoms with Gasteiger partial charge in [-0.1, -0.05) is 6.92 Å². The van der Waals surface area contributed by atoms with Crippen molar-refractivity contribution in [1.82, 2.24) is 0 Å². The Morgan fingerprint density at radius 3 is 1.79 bits per heavy atom. The normalized spacial score (nSPS) is 11.8. The molecule has 0 bridgehead atoms. The van der Waals surface area contributed by atoms with E-state index in [1.165, 1.54) is 31.4 Å². The summed E-state index contributed by atoms with van der Waals surface area (Å²) in [7, 11) is -0.676. The van der Waals surface area contributed by atoms with Crippen molar-refractivity contribution in [3.8, 4) is 17.2 Å². The van der Waals surface area contributed by atoms with E-state index in [-0.39, 0.29) is 10.8 Å². The lowest BCUT2D eigenvalue weighted by Crippen LogP contribution is -2.32. The first-order chi connectivity index (χ1) is 15.8. The van der Waals surface area contributed by atoms with E-state index >= 15 is 0 Å². The highest BCUT2D eigenvalue weighted by Gasteiger charge is 2.19. The van der Waals surface area contributed by atoms with Crippen LogP contribution in [0.2, 0.25) is 0 Å². The minimum absolute atomic E-state index is 0.0674. The molecule has 0 radical (unpaired) electrons. The van der Waals surface area contributed by atoms with Gasteiger partial charge >= 0.3 is 0 Å². The number of ether oxygens (including phenoxy) is 3. The molecule has 9 heteroatoms. The van der Waals surface area contributed by atoms with Crippen molar-refractivity contribution in [3.63, 3.8) is 0 Å². The number of benzene rings is 3. The first-order valence-corrected chi connectivity index (χ1v) is 11.7. The van der Waals surface area contributed by atoms with E-state index in [2.05, 4.69) is 10.0 Å². The molecular formula is C24H26N2O6S. The molecule has 0 aliphatic carbocycles. The van der Waals surface area contributed by atoms with Crippen LogP contribution in [0, 0.1) is 0 Å². The minimum atomic E-state index is -3.78. The smallest absolute Gasteiger partial charge is 0.265 e. The van der Waals surface area contributed by atoms with Gasteiger partial charge < -0.3 is 19.5 Å². The third-order valence-electron chi connectivity index (χ3n) is 4.78. The maximum absolute atomic E-state index is 12.6.